The minimum Gasteiger partial charge on any atom is -0.495 e. The Morgan fingerprint density at radius 2 is 1.75 bits per heavy atom. The molecule has 0 unspecified atom stereocenters. The zero-order valence-corrected chi connectivity index (χ0v) is 9.74. The van der Waals surface area contributed by atoms with Crippen molar-refractivity contribution in [2.45, 2.75) is 4.90 Å². The molecular weight excluding hydrogens is 230 g/mol. The van der Waals surface area contributed by atoms with Crippen molar-refractivity contribution < 1.29 is 17.9 Å². The van der Waals surface area contributed by atoms with E-state index in [0.29, 0.717) is 0 Å². The van der Waals surface area contributed by atoms with E-state index < -0.39 is 15.7 Å². The molecule has 86 valence electrons. The van der Waals surface area contributed by atoms with Gasteiger partial charge in [0.25, 0.3) is 9.84 Å². The predicted molar refractivity (Wildman–Crippen MR) is 58.2 cm³/mol. The molecule has 5 nitrogen and oxygen atoms in total. The Bertz CT molecular complexity index is 494. The molecule has 0 spiro atoms. The number of nitrogens with zero attached hydrogens (tertiary/aromatic N) is 1. The third kappa shape index (κ3) is 2.25. The molecule has 0 saturated carbocycles. The standard InChI is InChI=1S/C10H11NO4S/c1-11-7-16(12,13)10-8(14-2)5-4-6-9(10)15-3/h4-6H,7H2,2-3H3. The second-order valence-corrected chi connectivity index (χ2v) is 4.79. The Morgan fingerprint density at radius 3 is 2.12 bits per heavy atom. The maximum Gasteiger partial charge on any atom is 0.316 e. The van der Waals surface area contributed by atoms with Crippen molar-refractivity contribution in [3.63, 3.8) is 0 Å². The Labute approximate surface area is 94.3 Å². The van der Waals surface area contributed by atoms with Crippen molar-refractivity contribution in [1.29, 1.82) is 0 Å². The average Bonchev–Trinajstić information content (AvgIpc) is 2.27. The van der Waals surface area contributed by atoms with E-state index in [1.807, 2.05) is 0 Å². The van der Waals surface area contributed by atoms with Gasteiger partial charge in [-0.05, 0) is 12.1 Å². The average molecular weight is 241 g/mol. The van der Waals surface area contributed by atoms with Crippen LogP contribution in [0.1, 0.15) is 0 Å². The van der Waals surface area contributed by atoms with E-state index in [9.17, 15) is 8.42 Å². The van der Waals surface area contributed by atoms with E-state index in [-0.39, 0.29) is 16.4 Å². The van der Waals surface area contributed by atoms with Crippen molar-refractivity contribution >= 4 is 9.84 Å². The smallest absolute Gasteiger partial charge is 0.316 e. The second kappa shape index (κ2) is 4.86. The van der Waals surface area contributed by atoms with Gasteiger partial charge in [0.15, 0.2) is 4.90 Å². The number of hydrogen-bond donors (Lipinski definition) is 0. The van der Waals surface area contributed by atoms with Gasteiger partial charge in [-0.1, -0.05) is 6.07 Å². The SMILES string of the molecule is [C-]#[N+]CS(=O)(=O)c1c(OC)cccc1OC. The fraction of sp³-hybridized carbons (Fsp3) is 0.300. The van der Waals surface area contributed by atoms with Crippen LogP contribution in [0.4, 0.5) is 0 Å². The van der Waals surface area contributed by atoms with E-state index in [1.165, 1.54) is 26.4 Å². The monoisotopic (exact) mass is 241 g/mol. The van der Waals surface area contributed by atoms with Crippen LogP contribution in [0.3, 0.4) is 0 Å². The summed E-state index contributed by atoms with van der Waals surface area (Å²) in [5, 5.41) is 0. The summed E-state index contributed by atoms with van der Waals surface area (Å²) in [5.74, 6) is -0.255. The van der Waals surface area contributed by atoms with Gasteiger partial charge in [-0.15, -0.1) is 0 Å². The van der Waals surface area contributed by atoms with Crippen LogP contribution < -0.4 is 9.47 Å². The topological polar surface area (TPSA) is 57.0 Å². The van der Waals surface area contributed by atoms with Crippen LogP contribution in [0.5, 0.6) is 11.5 Å². The maximum absolute atomic E-state index is 11.8. The van der Waals surface area contributed by atoms with E-state index in [1.54, 1.807) is 6.07 Å². The summed E-state index contributed by atoms with van der Waals surface area (Å²) in [6.45, 7) is 6.63. The van der Waals surface area contributed by atoms with Crippen molar-refractivity contribution in [2.75, 3.05) is 20.1 Å². The third-order valence-corrected chi connectivity index (χ3v) is 3.42. The van der Waals surface area contributed by atoms with Crippen LogP contribution >= 0.6 is 0 Å². The lowest BCUT2D eigenvalue weighted by molar-refractivity contribution is 0.373. The zero-order chi connectivity index (χ0) is 12.2. The van der Waals surface area contributed by atoms with E-state index in [4.69, 9.17) is 16.0 Å². The van der Waals surface area contributed by atoms with E-state index in [0.717, 1.165) is 0 Å². The summed E-state index contributed by atoms with van der Waals surface area (Å²) < 4.78 is 33.6. The molecule has 0 radical (unpaired) electrons. The Kier molecular flexibility index (Phi) is 3.74. The van der Waals surface area contributed by atoms with Gasteiger partial charge in [-0.3, -0.25) is 4.85 Å². The van der Waals surface area contributed by atoms with E-state index in [2.05, 4.69) is 4.85 Å². The maximum atomic E-state index is 11.8. The molecule has 0 saturated heterocycles. The lowest BCUT2D eigenvalue weighted by Crippen LogP contribution is -2.07. The van der Waals surface area contributed by atoms with Gasteiger partial charge in [0.1, 0.15) is 11.5 Å². The molecule has 0 aliphatic carbocycles. The molecule has 0 N–H and O–H groups in total. The second-order valence-electron chi connectivity index (χ2n) is 2.89. The van der Waals surface area contributed by atoms with Gasteiger partial charge >= 0.3 is 5.88 Å². The fourth-order valence-corrected chi connectivity index (χ4v) is 2.49. The Balaban J connectivity index is 3.47. The summed E-state index contributed by atoms with van der Waals surface area (Å²) in [6, 6.07) is 4.65. The summed E-state index contributed by atoms with van der Waals surface area (Å²) >= 11 is 0. The summed E-state index contributed by atoms with van der Waals surface area (Å²) in [7, 11) is -0.967. The molecule has 0 heterocycles. The minimum atomic E-state index is -3.70. The molecule has 0 aliphatic rings. The van der Waals surface area contributed by atoms with Crippen LogP contribution in [0.25, 0.3) is 4.85 Å². The lowest BCUT2D eigenvalue weighted by Gasteiger charge is -2.10. The highest BCUT2D eigenvalue weighted by molar-refractivity contribution is 7.91. The van der Waals surface area contributed by atoms with Crippen LogP contribution in [-0.4, -0.2) is 28.5 Å². The highest BCUT2D eigenvalue weighted by Gasteiger charge is 2.26. The minimum absolute atomic E-state index is 0.0731. The molecular formula is C10H11NO4S. The first-order valence-electron chi connectivity index (χ1n) is 4.33. The number of ether oxygens (including phenoxy) is 2. The molecule has 6 heteroatoms. The number of methoxy groups -OCH3 is 2. The van der Waals surface area contributed by atoms with Crippen molar-refractivity contribution in [1.82, 2.24) is 0 Å². The van der Waals surface area contributed by atoms with Crippen molar-refractivity contribution in [3.05, 3.63) is 29.6 Å². The van der Waals surface area contributed by atoms with Crippen LogP contribution in [0.2, 0.25) is 0 Å². The quantitative estimate of drug-likeness (QED) is 0.747. The summed E-state index contributed by atoms with van der Waals surface area (Å²) in [5.41, 5.74) is 0. The number of hydrogen-bond acceptors (Lipinski definition) is 4. The molecule has 16 heavy (non-hydrogen) atoms. The van der Waals surface area contributed by atoms with Gasteiger partial charge in [0.05, 0.1) is 14.2 Å². The molecule has 1 rings (SSSR count). The van der Waals surface area contributed by atoms with Gasteiger partial charge < -0.3 is 9.47 Å². The van der Waals surface area contributed by atoms with Gasteiger partial charge in [0.2, 0.25) is 0 Å². The molecule has 1 aromatic carbocycles. The lowest BCUT2D eigenvalue weighted by atomic mass is 10.3. The number of sulfone groups is 1. The summed E-state index contributed by atoms with van der Waals surface area (Å²) in [6.07, 6.45) is 0. The van der Waals surface area contributed by atoms with Gasteiger partial charge in [-0.2, -0.15) is 0 Å². The Hall–Kier alpha value is -1.74. The first kappa shape index (κ1) is 12.3. The molecule has 0 fully saturated rings. The zero-order valence-electron chi connectivity index (χ0n) is 8.93. The first-order chi connectivity index (χ1) is 7.56. The van der Waals surface area contributed by atoms with E-state index >= 15 is 0 Å². The summed E-state index contributed by atoms with van der Waals surface area (Å²) in [4.78, 5) is 2.81. The molecule has 0 aliphatic heterocycles. The highest BCUT2D eigenvalue weighted by Crippen LogP contribution is 2.33. The molecule has 0 atom stereocenters. The number of benzene rings is 1. The van der Waals surface area contributed by atoms with Crippen LogP contribution in [0, 0.1) is 6.57 Å². The normalized spacial score (nSPS) is 10.6. The van der Waals surface area contributed by atoms with Crippen LogP contribution in [0.15, 0.2) is 23.1 Å². The van der Waals surface area contributed by atoms with Crippen LogP contribution in [-0.2, 0) is 9.84 Å². The fourth-order valence-electron chi connectivity index (χ4n) is 1.27. The third-order valence-electron chi connectivity index (χ3n) is 1.93. The van der Waals surface area contributed by atoms with Crippen molar-refractivity contribution in [3.8, 4) is 11.5 Å². The predicted octanol–water partition coefficient (Wildman–Crippen LogP) is 1.35. The number of rotatable bonds is 4. The van der Waals surface area contributed by atoms with Gasteiger partial charge in [-0.25, -0.2) is 15.0 Å². The first-order valence-corrected chi connectivity index (χ1v) is 5.99. The highest BCUT2D eigenvalue weighted by atomic mass is 32.2. The molecule has 0 aromatic heterocycles. The molecule has 0 amide bonds. The largest absolute Gasteiger partial charge is 0.495 e. The van der Waals surface area contributed by atoms with Crippen molar-refractivity contribution in [2.24, 2.45) is 0 Å². The molecule has 0 bridgehead atoms. The molecule has 1 aromatic rings. The Morgan fingerprint density at radius 1 is 1.25 bits per heavy atom. The van der Waals surface area contributed by atoms with Gasteiger partial charge in [0, 0.05) is 0 Å².